The molecule has 0 aromatic carbocycles. The monoisotopic (exact) mass is 161 g/mol. The second-order valence-electron chi connectivity index (χ2n) is 2.22. The van der Waals surface area contributed by atoms with Crippen LogP contribution in [0.4, 0.5) is 0 Å². The first-order valence-corrected chi connectivity index (χ1v) is 3.53. The van der Waals surface area contributed by atoms with Crippen LogP contribution >= 0.6 is 0 Å². The molecule has 4 heteroatoms. The predicted molar refractivity (Wildman–Crippen MR) is 44.0 cm³/mol. The lowest BCUT2D eigenvalue weighted by atomic mass is 10.4. The van der Waals surface area contributed by atoms with Crippen LogP contribution in [-0.4, -0.2) is 15.1 Å². The highest BCUT2D eigenvalue weighted by atomic mass is 16.5. The summed E-state index contributed by atoms with van der Waals surface area (Å²) in [5, 5.41) is 3.57. The van der Waals surface area contributed by atoms with Gasteiger partial charge in [0, 0.05) is 18.5 Å². The van der Waals surface area contributed by atoms with Gasteiger partial charge < -0.3 is 9.51 Å². The van der Waals surface area contributed by atoms with Crippen molar-refractivity contribution in [2.45, 2.75) is 0 Å². The fraction of sp³-hybridized carbons (Fsp3) is 0. The molecule has 0 radical (unpaired) electrons. The van der Waals surface area contributed by atoms with E-state index < -0.39 is 0 Å². The van der Waals surface area contributed by atoms with Gasteiger partial charge in [-0.05, 0) is 12.2 Å². The highest BCUT2D eigenvalue weighted by Crippen LogP contribution is 2.02. The minimum atomic E-state index is 0.714. The Morgan fingerprint density at radius 1 is 1.33 bits per heavy atom. The zero-order valence-electron chi connectivity index (χ0n) is 6.27. The Morgan fingerprint density at radius 2 is 2.33 bits per heavy atom. The Bertz CT molecular complexity index is 311. The van der Waals surface area contributed by atoms with E-state index in [0.717, 1.165) is 5.82 Å². The molecule has 0 amide bonds. The van der Waals surface area contributed by atoms with E-state index in [9.17, 15) is 0 Å². The highest BCUT2D eigenvalue weighted by Gasteiger charge is 1.90. The average molecular weight is 161 g/mol. The van der Waals surface area contributed by atoms with E-state index in [-0.39, 0.29) is 0 Å². The Morgan fingerprint density at radius 3 is 3.00 bits per heavy atom. The third-order valence-electron chi connectivity index (χ3n) is 1.38. The molecule has 2 heterocycles. The Hall–Kier alpha value is -1.84. The molecule has 0 saturated carbocycles. The summed E-state index contributed by atoms with van der Waals surface area (Å²) in [7, 11) is 0. The van der Waals surface area contributed by atoms with E-state index in [1.807, 2.05) is 6.08 Å². The SMILES string of the molecule is C(=Cc1ccno1)c1ncc[nH]1. The molecule has 2 rings (SSSR count). The highest BCUT2D eigenvalue weighted by molar-refractivity contribution is 5.63. The molecule has 2 aromatic rings. The number of nitrogens with zero attached hydrogens (tertiary/aromatic N) is 2. The third-order valence-corrected chi connectivity index (χ3v) is 1.38. The lowest BCUT2D eigenvalue weighted by Crippen LogP contribution is -1.71. The normalized spacial score (nSPS) is 11.0. The Kier molecular flexibility index (Phi) is 1.74. The van der Waals surface area contributed by atoms with Crippen LogP contribution in [0.2, 0.25) is 0 Å². The van der Waals surface area contributed by atoms with Crippen LogP contribution in [-0.2, 0) is 0 Å². The van der Waals surface area contributed by atoms with Gasteiger partial charge in [0.05, 0.1) is 6.20 Å². The van der Waals surface area contributed by atoms with Crippen molar-refractivity contribution >= 4 is 12.2 Å². The van der Waals surface area contributed by atoms with Gasteiger partial charge in [-0.2, -0.15) is 0 Å². The van der Waals surface area contributed by atoms with Gasteiger partial charge in [-0.15, -0.1) is 0 Å². The lowest BCUT2D eigenvalue weighted by Gasteiger charge is -1.81. The summed E-state index contributed by atoms with van der Waals surface area (Å²) < 4.78 is 4.85. The van der Waals surface area contributed by atoms with Crippen molar-refractivity contribution in [1.29, 1.82) is 0 Å². The second kappa shape index (κ2) is 3.04. The molecule has 0 aliphatic carbocycles. The smallest absolute Gasteiger partial charge is 0.159 e. The van der Waals surface area contributed by atoms with Gasteiger partial charge in [0.25, 0.3) is 0 Å². The fourth-order valence-electron chi connectivity index (χ4n) is 0.841. The molecular formula is C8H7N3O. The molecule has 12 heavy (non-hydrogen) atoms. The predicted octanol–water partition coefficient (Wildman–Crippen LogP) is 1.57. The summed E-state index contributed by atoms with van der Waals surface area (Å²) in [6.07, 6.45) is 8.67. The van der Waals surface area contributed by atoms with Crippen molar-refractivity contribution in [2.75, 3.05) is 0 Å². The van der Waals surface area contributed by atoms with Gasteiger partial charge in [-0.25, -0.2) is 4.98 Å². The first-order chi connectivity index (χ1) is 5.95. The summed E-state index contributed by atoms with van der Waals surface area (Å²) in [6, 6.07) is 1.78. The zero-order chi connectivity index (χ0) is 8.23. The van der Waals surface area contributed by atoms with Crippen LogP contribution in [0.15, 0.2) is 29.2 Å². The van der Waals surface area contributed by atoms with Crippen LogP contribution in [0.1, 0.15) is 11.6 Å². The maximum absolute atomic E-state index is 4.85. The molecular weight excluding hydrogens is 154 g/mol. The van der Waals surface area contributed by atoms with Crippen LogP contribution < -0.4 is 0 Å². The molecule has 0 atom stereocenters. The summed E-state index contributed by atoms with van der Waals surface area (Å²) >= 11 is 0. The molecule has 60 valence electrons. The van der Waals surface area contributed by atoms with Gasteiger partial charge in [0.15, 0.2) is 5.76 Å². The molecule has 0 aliphatic heterocycles. The number of hydrogen-bond acceptors (Lipinski definition) is 3. The number of nitrogens with one attached hydrogen (secondary N) is 1. The molecule has 0 bridgehead atoms. The quantitative estimate of drug-likeness (QED) is 0.727. The van der Waals surface area contributed by atoms with Crippen molar-refractivity contribution < 1.29 is 4.52 Å². The number of imidazole rings is 1. The van der Waals surface area contributed by atoms with E-state index in [4.69, 9.17) is 4.52 Å². The van der Waals surface area contributed by atoms with Gasteiger partial charge in [0.2, 0.25) is 0 Å². The van der Waals surface area contributed by atoms with Gasteiger partial charge in [0.1, 0.15) is 5.82 Å². The topological polar surface area (TPSA) is 54.7 Å². The minimum absolute atomic E-state index is 0.714. The number of H-pyrrole nitrogens is 1. The van der Waals surface area contributed by atoms with Crippen molar-refractivity contribution in [3.05, 3.63) is 36.2 Å². The van der Waals surface area contributed by atoms with Crippen LogP contribution in [0.3, 0.4) is 0 Å². The van der Waals surface area contributed by atoms with Crippen LogP contribution in [0.5, 0.6) is 0 Å². The lowest BCUT2D eigenvalue weighted by molar-refractivity contribution is 0.413. The van der Waals surface area contributed by atoms with Crippen LogP contribution in [0, 0.1) is 0 Å². The van der Waals surface area contributed by atoms with Gasteiger partial charge >= 0.3 is 0 Å². The van der Waals surface area contributed by atoms with Crippen molar-refractivity contribution in [1.82, 2.24) is 15.1 Å². The number of aromatic nitrogens is 3. The van der Waals surface area contributed by atoms with Crippen LogP contribution in [0.25, 0.3) is 12.2 Å². The molecule has 2 aromatic heterocycles. The summed E-state index contributed by atoms with van der Waals surface area (Å²) in [4.78, 5) is 6.95. The van der Waals surface area contributed by atoms with E-state index in [2.05, 4.69) is 15.1 Å². The standard InChI is InChI=1S/C8H7N3O/c1(7-3-4-11-12-7)2-8-9-5-6-10-8/h1-6H,(H,9,10). The molecule has 0 fully saturated rings. The molecule has 0 aliphatic rings. The summed E-state index contributed by atoms with van der Waals surface area (Å²) in [5.41, 5.74) is 0. The van der Waals surface area contributed by atoms with Crippen molar-refractivity contribution in [2.24, 2.45) is 0 Å². The minimum Gasteiger partial charge on any atom is -0.357 e. The largest absolute Gasteiger partial charge is 0.357 e. The molecule has 0 saturated heterocycles. The van der Waals surface area contributed by atoms with E-state index in [1.165, 1.54) is 0 Å². The average Bonchev–Trinajstić information content (AvgIpc) is 2.74. The first-order valence-electron chi connectivity index (χ1n) is 3.53. The Balaban J connectivity index is 2.14. The maximum Gasteiger partial charge on any atom is 0.159 e. The molecule has 4 nitrogen and oxygen atoms in total. The maximum atomic E-state index is 4.85. The van der Waals surface area contributed by atoms with Gasteiger partial charge in [-0.1, -0.05) is 5.16 Å². The van der Waals surface area contributed by atoms with E-state index in [1.54, 1.807) is 30.7 Å². The number of aromatic amines is 1. The summed E-state index contributed by atoms with van der Waals surface area (Å²) in [5.74, 6) is 1.51. The van der Waals surface area contributed by atoms with Gasteiger partial charge in [-0.3, -0.25) is 0 Å². The van der Waals surface area contributed by atoms with Crippen molar-refractivity contribution in [3.8, 4) is 0 Å². The van der Waals surface area contributed by atoms with E-state index >= 15 is 0 Å². The second-order valence-corrected chi connectivity index (χ2v) is 2.22. The number of rotatable bonds is 2. The van der Waals surface area contributed by atoms with Crippen molar-refractivity contribution in [3.63, 3.8) is 0 Å². The zero-order valence-corrected chi connectivity index (χ0v) is 6.27. The molecule has 0 unspecified atom stereocenters. The fourth-order valence-corrected chi connectivity index (χ4v) is 0.841. The molecule has 0 spiro atoms. The third kappa shape index (κ3) is 1.42. The Labute approximate surface area is 68.9 Å². The van der Waals surface area contributed by atoms with E-state index in [0.29, 0.717) is 5.76 Å². The molecule has 1 N–H and O–H groups in total. The first kappa shape index (κ1) is 6.84. The summed E-state index contributed by atoms with van der Waals surface area (Å²) in [6.45, 7) is 0. The number of hydrogen-bond donors (Lipinski definition) is 1.